The number of hydrogen-bond acceptors (Lipinski definition) is 6. The molecule has 0 aromatic carbocycles. The van der Waals surface area contributed by atoms with Crippen LogP contribution in [0.1, 0.15) is 5.69 Å². The molecule has 8 heteroatoms. The third-order valence-corrected chi connectivity index (χ3v) is 3.92. The van der Waals surface area contributed by atoms with E-state index in [-0.39, 0.29) is 0 Å². The molecular formula is C17H30I2N4O2. The zero-order chi connectivity index (χ0) is 18.3. The third kappa shape index (κ3) is 8.76. The highest BCUT2D eigenvalue weighted by atomic mass is 127. The molecule has 0 atom stereocenters. The fourth-order valence-electron chi connectivity index (χ4n) is 2.79. The van der Waals surface area contributed by atoms with Gasteiger partial charge < -0.3 is 9.47 Å². The average molecular weight is 576 g/mol. The number of morpholine rings is 2. The Balaban J connectivity index is 0.000000730. The number of aromatic nitrogens is 1. The Morgan fingerprint density at radius 1 is 0.920 bits per heavy atom. The first kappa shape index (κ1) is 23.4. The molecule has 1 aromatic heterocycles. The normalized spacial score (nSPS) is 18.8. The van der Waals surface area contributed by atoms with E-state index in [1.54, 1.807) is 0 Å². The smallest absolute Gasteiger partial charge is 0.0608 e. The van der Waals surface area contributed by atoms with E-state index in [4.69, 9.17) is 9.47 Å². The maximum absolute atomic E-state index is 5.48. The van der Waals surface area contributed by atoms with Gasteiger partial charge in [-0.15, -0.1) is 0 Å². The summed E-state index contributed by atoms with van der Waals surface area (Å²) in [6.07, 6.45) is 2.82. The van der Waals surface area contributed by atoms with Crippen LogP contribution in [0.25, 0.3) is 0 Å². The van der Waals surface area contributed by atoms with Crippen LogP contribution in [0.5, 0.6) is 0 Å². The number of halogens is 2. The van der Waals surface area contributed by atoms with E-state index < -0.39 is 0 Å². The molecule has 0 radical (unpaired) electrons. The van der Waals surface area contributed by atoms with E-state index in [1.165, 1.54) is 0 Å². The van der Waals surface area contributed by atoms with E-state index >= 15 is 0 Å². The Labute approximate surface area is 179 Å². The number of pyridine rings is 1. The van der Waals surface area contributed by atoms with E-state index in [1.807, 2.05) is 22.1 Å². The Morgan fingerprint density at radius 2 is 1.44 bits per heavy atom. The highest BCUT2D eigenvalue weighted by Crippen LogP contribution is 2.11. The minimum atomic E-state index is 0.810. The van der Waals surface area contributed by atoms with Crippen LogP contribution >= 0.6 is 45.2 Å². The molecule has 0 unspecified atom stereocenters. The Bertz CT molecular complexity index is 398. The molecule has 3 heterocycles. The third-order valence-electron chi connectivity index (χ3n) is 3.92. The van der Waals surface area contributed by atoms with Crippen molar-refractivity contribution in [1.29, 1.82) is 0 Å². The molecule has 0 aliphatic carbocycles. The van der Waals surface area contributed by atoms with Gasteiger partial charge in [0.2, 0.25) is 0 Å². The summed E-state index contributed by atoms with van der Waals surface area (Å²) < 4.78 is 11.0. The molecule has 1 aromatic rings. The Kier molecular flexibility index (Phi) is 14.5. The maximum Gasteiger partial charge on any atom is 0.0608 e. The largest absolute Gasteiger partial charge is 0.379 e. The predicted molar refractivity (Wildman–Crippen MR) is 119 cm³/mol. The summed E-state index contributed by atoms with van der Waals surface area (Å²) >= 11 is 4.30. The highest BCUT2D eigenvalue weighted by molar-refractivity contribution is 14.1. The van der Waals surface area contributed by atoms with Crippen molar-refractivity contribution in [1.82, 2.24) is 20.1 Å². The lowest BCUT2D eigenvalue weighted by molar-refractivity contribution is -0.226. The van der Waals surface area contributed by atoms with Crippen LogP contribution in [-0.2, 0) is 15.9 Å². The molecule has 144 valence electrons. The first-order chi connectivity index (χ1) is 12.4. The molecule has 2 saturated heterocycles. The minimum absolute atomic E-state index is 0.810. The monoisotopic (exact) mass is 576 g/mol. The Morgan fingerprint density at radius 3 is 1.88 bits per heavy atom. The molecular weight excluding hydrogens is 546 g/mol. The van der Waals surface area contributed by atoms with Gasteiger partial charge in [-0.25, -0.2) is 10.0 Å². The number of alkyl halides is 2. The molecule has 6 nitrogen and oxygen atoms in total. The summed E-state index contributed by atoms with van der Waals surface area (Å²) in [5.74, 6) is 0. The lowest BCUT2D eigenvalue weighted by atomic mass is 10.3. The van der Waals surface area contributed by atoms with Gasteiger partial charge in [0.1, 0.15) is 0 Å². The first-order valence-corrected chi connectivity index (χ1v) is 12.8. The first-order valence-electron chi connectivity index (χ1n) is 8.52. The maximum atomic E-state index is 5.48. The second-order valence-corrected chi connectivity index (χ2v) is 5.30. The standard InChI is InChI=1S/C15H24N4O2.2CH3I/c1-2-5-16-15(3-1)4-6-19(17-7-11-20-12-8-17)18-9-13-21-14-10-18;2*1-2/h1-3,5H,4,6-14H2;2*1H3. The summed E-state index contributed by atoms with van der Waals surface area (Å²) in [7, 11) is 0. The summed E-state index contributed by atoms with van der Waals surface area (Å²) in [5.41, 5.74) is 1.14. The van der Waals surface area contributed by atoms with Crippen molar-refractivity contribution in [3.05, 3.63) is 30.1 Å². The summed E-state index contributed by atoms with van der Waals surface area (Å²) in [6.45, 7) is 8.03. The number of rotatable bonds is 5. The van der Waals surface area contributed by atoms with Crippen LogP contribution < -0.4 is 0 Å². The van der Waals surface area contributed by atoms with Crippen molar-refractivity contribution in [3.8, 4) is 0 Å². The topological polar surface area (TPSA) is 41.1 Å². The molecule has 25 heavy (non-hydrogen) atoms. The van der Waals surface area contributed by atoms with Crippen LogP contribution in [0.2, 0.25) is 0 Å². The van der Waals surface area contributed by atoms with Crippen LogP contribution in [-0.4, -0.2) is 89.1 Å². The molecule has 3 rings (SSSR count). The molecule has 2 fully saturated rings. The Hall–Kier alpha value is 0.410. The quantitative estimate of drug-likeness (QED) is 0.397. The van der Waals surface area contributed by atoms with Gasteiger partial charge in [-0.2, -0.15) is 5.12 Å². The van der Waals surface area contributed by atoms with Crippen molar-refractivity contribution >= 4 is 45.2 Å². The number of hydrogen-bond donors (Lipinski definition) is 0. The summed E-state index contributed by atoms with van der Waals surface area (Å²) in [5, 5.41) is 7.19. The lowest BCUT2D eigenvalue weighted by Gasteiger charge is -2.45. The van der Waals surface area contributed by atoms with Crippen molar-refractivity contribution < 1.29 is 9.47 Å². The number of hydrazine groups is 2. The second kappa shape index (κ2) is 15.5. The summed E-state index contributed by atoms with van der Waals surface area (Å²) in [4.78, 5) is 8.37. The van der Waals surface area contributed by atoms with E-state index in [0.29, 0.717) is 0 Å². The van der Waals surface area contributed by atoms with Gasteiger partial charge in [0.15, 0.2) is 0 Å². The van der Waals surface area contributed by atoms with Gasteiger partial charge in [0, 0.05) is 51.0 Å². The van der Waals surface area contributed by atoms with Gasteiger partial charge in [-0.05, 0) is 22.0 Å². The zero-order valence-corrected chi connectivity index (χ0v) is 19.6. The van der Waals surface area contributed by atoms with Gasteiger partial charge in [-0.1, -0.05) is 51.2 Å². The van der Waals surface area contributed by atoms with Crippen LogP contribution in [0.3, 0.4) is 0 Å². The van der Waals surface area contributed by atoms with Crippen LogP contribution in [0.4, 0.5) is 0 Å². The SMILES string of the molecule is CI.CI.c1ccc(CCN(N2CCOCC2)N2CCOCC2)nc1. The van der Waals surface area contributed by atoms with Crippen molar-refractivity contribution in [2.45, 2.75) is 6.42 Å². The molecule has 2 aliphatic heterocycles. The average Bonchev–Trinajstić information content (AvgIpc) is 2.74. The lowest BCUT2D eigenvalue weighted by Crippen LogP contribution is -2.59. The number of ether oxygens (including phenoxy) is 2. The van der Waals surface area contributed by atoms with Crippen LogP contribution in [0, 0.1) is 0 Å². The molecule has 0 spiro atoms. The van der Waals surface area contributed by atoms with Gasteiger partial charge in [-0.3, -0.25) is 4.98 Å². The van der Waals surface area contributed by atoms with E-state index in [9.17, 15) is 0 Å². The van der Waals surface area contributed by atoms with Gasteiger partial charge in [0.25, 0.3) is 0 Å². The van der Waals surface area contributed by atoms with Crippen molar-refractivity contribution in [2.75, 3.05) is 69.0 Å². The predicted octanol–water partition coefficient (Wildman–Crippen LogP) is 2.52. The van der Waals surface area contributed by atoms with E-state index in [2.05, 4.69) is 77.4 Å². The minimum Gasteiger partial charge on any atom is -0.379 e. The van der Waals surface area contributed by atoms with Crippen molar-refractivity contribution in [3.63, 3.8) is 0 Å². The second-order valence-electron chi connectivity index (χ2n) is 5.30. The zero-order valence-electron chi connectivity index (χ0n) is 15.2. The fourth-order valence-corrected chi connectivity index (χ4v) is 2.79. The van der Waals surface area contributed by atoms with Crippen LogP contribution in [0.15, 0.2) is 24.4 Å². The van der Waals surface area contributed by atoms with Gasteiger partial charge in [0.05, 0.1) is 26.4 Å². The van der Waals surface area contributed by atoms with Gasteiger partial charge >= 0.3 is 0 Å². The molecule has 0 amide bonds. The summed E-state index contributed by atoms with van der Waals surface area (Å²) in [6, 6.07) is 6.11. The molecule has 0 N–H and O–H groups in total. The van der Waals surface area contributed by atoms with E-state index in [0.717, 1.165) is 71.3 Å². The van der Waals surface area contributed by atoms with Crippen molar-refractivity contribution in [2.24, 2.45) is 0 Å². The molecule has 0 saturated carbocycles. The number of nitrogens with zero attached hydrogens (tertiary/aromatic N) is 4. The molecule has 2 aliphatic rings. The molecule has 0 bridgehead atoms. The highest BCUT2D eigenvalue weighted by Gasteiger charge is 2.25. The fraction of sp³-hybridized carbons (Fsp3) is 0.706.